The third-order valence-corrected chi connectivity index (χ3v) is 4.17. The zero-order valence-electron chi connectivity index (χ0n) is 10.9. The van der Waals surface area contributed by atoms with E-state index in [0.29, 0.717) is 24.0 Å². The maximum Gasteiger partial charge on any atom is 0.252 e. The number of hydrogen-bond donors (Lipinski definition) is 2. The van der Waals surface area contributed by atoms with Crippen molar-refractivity contribution in [3.63, 3.8) is 0 Å². The minimum absolute atomic E-state index is 0.263. The number of alkyl halides is 1. The number of carbonyl (C=O) groups is 1. The molecule has 5 nitrogen and oxygen atoms in total. The Labute approximate surface area is 123 Å². The van der Waals surface area contributed by atoms with Crippen LogP contribution in [0.25, 0.3) is 5.52 Å². The van der Waals surface area contributed by atoms with Crippen LogP contribution in [0.2, 0.25) is 0 Å². The molecule has 1 unspecified atom stereocenters. The Kier molecular flexibility index (Phi) is 2.97. The zero-order chi connectivity index (χ0) is 14.5. The van der Waals surface area contributed by atoms with E-state index < -0.39 is 11.6 Å². The Bertz CT molecular complexity index is 695. The molecule has 2 aromatic heterocycles. The molecule has 0 bridgehead atoms. The first-order valence-corrected chi connectivity index (χ1v) is 7.12. The van der Waals surface area contributed by atoms with Gasteiger partial charge in [0.15, 0.2) is 0 Å². The van der Waals surface area contributed by atoms with Crippen LogP contribution in [-0.2, 0) is 0 Å². The molecule has 0 aromatic carbocycles. The summed E-state index contributed by atoms with van der Waals surface area (Å²) in [6.07, 6.45) is 4.24. The number of rotatable bonds is 4. The number of fused-ring (bicyclic) bond motifs is 1. The molecule has 7 heteroatoms. The predicted molar refractivity (Wildman–Crippen MR) is 77.6 cm³/mol. The van der Waals surface area contributed by atoms with Crippen LogP contribution >= 0.6 is 15.9 Å². The number of nitrogens with zero attached hydrogens (tertiary/aromatic N) is 2. The minimum atomic E-state index is -1.20. The lowest BCUT2D eigenvalue weighted by Crippen LogP contribution is -2.30. The molecule has 1 fully saturated rings. The van der Waals surface area contributed by atoms with Crippen molar-refractivity contribution in [3.05, 3.63) is 28.5 Å². The fraction of sp³-hybridized carbons (Fsp3) is 0.385. The molecular weight excluding hydrogens is 327 g/mol. The van der Waals surface area contributed by atoms with Crippen LogP contribution in [0.4, 0.5) is 10.1 Å². The van der Waals surface area contributed by atoms with Gasteiger partial charge in [0, 0.05) is 10.7 Å². The van der Waals surface area contributed by atoms with Crippen molar-refractivity contribution in [2.45, 2.75) is 31.5 Å². The number of nitrogens with two attached hydrogens (primary N) is 1. The molecule has 0 spiro atoms. The smallest absolute Gasteiger partial charge is 0.252 e. The average molecular weight is 341 g/mol. The summed E-state index contributed by atoms with van der Waals surface area (Å²) >= 11 is 3.36. The lowest BCUT2D eigenvalue weighted by atomic mass is 10.1. The van der Waals surface area contributed by atoms with Gasteiger partial charge >= 0.3 is 0 Å². The van der Waals surface area contributed by atoms with Crippen molar-refractivity contribution >= 4 is 33.0 Å². The number of anilines is 1. The van der Waals surface area contributed by atoms with Gasteiger partial charge in [-0.05, 0) is 41.8 Å². The molecule has 0 saturated heterocycles. The van der Waals surface area contributed by atoms with Crippen molar-refractivity contribution in [2.75, 3.05) is 5.32 Å². The van der Waals surface area contributed by atoms with Crippen LogP contribution < -0.4 is 11.1 Å². The molecule has 2 heterocycles. The largest absolute Gasteiger partial charge is 0.377 e. The molecule has 1 atom stereocenters. The molecule has 1 aliphatic rings. The van der Waals surface area contributed by atoms with Gasteiger partial charge < -0.3 is 11.1 Å². The van der Waals surface area contributed by atoms with Crippen molar-refractivity contribution in [1.29, 1.82) is 0 Å². The van der Waals surface area contributed by atoms with Gasteiger partial charge in [-0.25, -0.2) is 8.91 Å². The normalized spacial score (nSPS) is 17.9. The van der Waals surface area contributed by atoms with E-state index in [4.69, 9.17) is 5.73 Å². The predicted octanol–water partition coefficient (Wildman–Crippen LogP) is 2.50. The summed E-state index contributed by atoms with van der Waals surface area (Å²) in [6.45, 7) is 1.77. The second-order valence-corrected chi connectivity index (χ2v) is 6.10. The summed E-state index contributed by atoms with van der Waals surface area (Å²) in [6, 6.07) is 1.42. The van der Waals surface area contributed by atoms with Crippen LogP contribution in [0.3, 0.4) is 0 Å². The van der Waals surface area contributed by atoms with E-state index in [9.17, 15) is 9.18 Å². The number of aromatic nitrogens is 2. The number of nitrogens with one attached hydrogen (secondary N) is 1. The van der Waals surface area contributed by atoms with Gasteiger partial charge in [-0.1, -0.05) is 0 Å². The Hall–Kier alpha value is -1.63. The molecular formula is C13H14BrFN4O. The zero-order valence-corrected chi connectivity index (χ0v) is 12.4. The minimum Gasteiger partial charge on any atom is -0.377 e. The molecule has 1 amide bonds. The standard InChI is InChI=1S/C13H14BrFN4O/c1-7(13(15)2-3-13)18-11-9(12(16)20)5-17-19-6-8(14)4-10(11)19/h4-7,18H,2-3H2,1H3,(H2,16,20). The quantitative estimate of drug-likeness (QED) is 0.898. The van der Waals surface area contributed by atoms with E-state index in [-0.39, 0.29) is 11.6 Å². The first-order chi connectivity index (χ1) is 9.40. The van der Waals surface area contributed by atoms with Crippen LogP contribution in [-0.4, -0.2) is 27.2 Å². The third-order valence-electron chi connectivity index (χ3n) is 3.73. The summed E-state index contributed by atoms with van der Waals surface area (Å²) in [5.74, 6) is -0.587. The van der Waals surface area contributed by atoms with Crippen LogP contribution in [0.1, 0.15) is 30.1 Å². The van der Waals surface area contributed by atoms with Crippen LogP contribution in [0, 0.1) is 0 Å². The van der Waals surface area contributed by atoms with E-state index in [1.165, 1.54) is 6.20 Å². The lowest BCUT2D eigenvalue weighted by molar-refractivity contribution is 0.100. The maximum absolute atomic E-state index is 14.1. The van der Waals surface area contributed by atoms with Gasteiger partial charge in [0.25, 0.3) is 5.91 Å². The van der Waals surface area contributed by atoms with Gasteiger partial charge in [-0.2, -0.15) is 5.10 Å². The molecule has 1 saturated carbocycles. The number of halogens is 2. The summed E-state index contributed by atoms with van der Waals surface area (Å²) < 4.78 is 16.5. The molecule has 106 valence electrons. The van der Waals surface area contributed by atoms with Gasteiger partial charge in [-0.15, -0.1) is 0 Å². The Morgan fingerprint density at radius 3 is 2.95 bits per heavy atom. The van der Waals surface area contributed by atoms with Crippen LogP contribution in [0.15, 0.2) is 22.9 Å². The molecule has 3 N–H and O–H groups in total. The third kappa shape index (κ3) is 2.15. The second-order valence-electron chi connectivity index (χ2n) is 5.19. The summed E-state index contributed by atoms with van der Waals surface area (Å²) in [7, 11) is 0. The molecule has 20 heavy (non-hydrogen) atoms. The molecule has 3 rings (SSSR count). The van der Waals surface area contributed by atoms with Gasteiger partial charge in [-0.3, -0.25) is 4.79 Å². The maximum atomic E-state index is 14.1. The highest BCUT2D eigenvalue weighted by Gasteiger charge is 2.48. The monoisotopic (exact) mass is 340 g/mol. The van der Waals surface area contributed by atoms with Crippen molar-refractivity contribution in [1.82, 2.24) is 9.61 Å². The highest BCUT2D eigenvalue weighted by molar-refractivity contribution is 9.10. The summed E-state index contributed by atoms with van der Waals surface area (Å²) in [5, 5.41) is 7.21. The highest BCUT2D eigenvalue weighted by Crippen LogP contribution is 2.44. The lowest BCUT2D eigenvalue weighted by Gasteiger charge is -2.20. The summed E-state index contributed by atoms with van der Waals surface area (Å²) in [5.41, 5.74) is 5.65. The van der Waals surface area contributed by atoms with Crippen LogP contribution in [0.5, 0.6) is 0 Å². The first-order valence-electron chi connectivity index (χ1n) is 6.33. The van der Waals surface area contributed by atoms with E-state index in [1.807, 2.05) is 6.07 Å². The van der Waals surface area contributed by atoms with Crippen molar-refractivity contribution < 1.29 is 9.18 Å². The summed E-state index contributed by atoms with van der Waals surface area (Å²) in [4.78, 5) is 11.5. The van der Waals surface area contributed by atoms with Gasteiger partial charge in [0.2, 0.25) is 0 Å². The van der Waals surface area contributed by atoms with Gasteiger partial charge in [0.1, 0.15) is 5.67 Å². The number of primary amides is 1. The SMILES string of the molecule is CC(Nc1c(C(N)=O)cnn2cc(Br)cc12)C1(F)CC1. The molecule has 0 radical (unpaired) electrons. The van der Waals surface area contributed by atoms with Crippen molar-refractivity contribution in [3.8, 4) is 0 Å². The Balaban J connectivity index is 2.09. The number of hydrogen-bond acceptors (Lipinski definition) is 3. The molecule has 0 aliphatic heterocycles. The average Bonchev–Trinajstić information content (AvgIpc) is 3.00. The van der Waals surface area contributed by atoms with E-state index in [2.05, 4.69) is 26.3 Å². The fourth-order valence-electron chi connectivity index (χ4n) is 2.26. The number of carbonyl (C=O) groups excluding carboxylic acids is 1. The molecule has 2 aromatic rings. The highest BCUT2D eigenvalue weighted by atomic mass is 79.9. The van der Waals surface area contributed by atoms with Crippen molar-refractivity contribution in [2.24, 2.45) is 5.73 Å². The van der Waals surface area contributed by atoms with Gasteiger partial charge in [0.05, 0.1) is 29.0 Å². The number of amides is 1. The Morgan fingerprint density at radius 1 is 1.65 bits per heavy atom. The van der Waals surface area contributed by atoms with E-state index >= 15 is 0 Å². The van der Waals surface area contributed by atoms with E-state index in [0.717, 1.165) is 4.47 Å². The second kappa shape index (κ2) is 4.44. The fourth-order valence-corrected chi connectivity index (χ4v) is 2.67. The topological polar surface area (TPSA) is 72.4 Å². The van der Waals surface area contributed by atoms with E-state index in [1.54, 1.807) is 17.6 Å². The Morgan fingerprint density at radius 2 is 2.35 bits per heavy atom. The molecule has 1 aliphatic carbocycles. The first kappa shape index (κ1) is 13.4.